The topological polar surface area (TPSA) is 65.5 Å². The maximum Gasteiger partial charge on any atom is 0.223 e. The number of aliphatic hydroxyl groups is 1. The van der Waals surface area contributed by atoms with E-state index >= 15 is 0 Å². The van der Waals surface area contributed by atoms with Gasteiger partial charge in [0.15, 0.2) is 5.13 Å². The van der Waals surface area contributed by atoms with Crippen LogP contribution in [0.25, 0.3) is 0 Å². The van der Waals surface area contributed by atoms with Crippen molar-refractivity contribution in [2.75, 3.05) is 16.8 Å². The van der Waals surface area contributed by atoms with Crippen LogP contribution in [0.5, 0.6) is 0 Å². The number of hydrogen-bond acceptors (Lipinski definition) is 5. The highest BCUT2D eigenvalue weighted by Gasteiger charge is 2.26. The molecule has 1 aromatic heterocycles. The van der Waals surface area contributed by atoms with E-state index in [-0.39, 0.29) is 12.5 Å². The van der Waals surface area contributed by atoms with Crippen LogP contribution in [0.15, 0.2) is 29.6 Å². The molecule has 0 aliphatic carbocycles. The number of aliphatic hydroxyl groups excluding tert-OH is 1. The Hall–Kier alpha value is -1.92. The highest BCUT2D eigenvalue weighted by atomic mass is 32.1. The van der Waals surface area contributed by atoms with Gasteiger partial charge >= 0.3 is 0 Å². The maximum atomic E-state index is 11.1. The summed E-state index contributed by atoms with van der Waals surface area (Å²) in [6, 6.07) is 8.75. The number of anilines is 2. The van der Waals surface area contributed by atoms with Gasteiger partial charge in [-0.1, -0.05) is 18.2 Å². The lowest BCUT2D eigenvalue weighted by molar-refractivity contribution is -0.114. The second-order valence-corrected chi connectivity index (χ2v) is 6.64. The first-order chi connectivity index (χ1) is 11.2. The Kier molecular flexibility index (Phi) is 4.93. The molecule has 2 aromatic rings. The van der Waals surface area contributed by atoms with Crippen molar-refractivity contribution in [1.29, 1.82) is 0 Å². The van der Waals surface area contributed by atoms with Gasteiger partial charge < -0.3 is 15.3 Å². The Balaban J connectivity index is 1.82. The van der Waals surface area contributed by atoms with Crippen molar-refractivity contribution in [3.63, 3.8) is 0 Å². The smallest absolute Gasteiger partial charge is 0.223 e. The first kappa shape index (κ1) is 16.0. The largest absolute Gasteiger partial charge is 0.396 e. The van der Waals surface area contributed by atoms with E-state index in [1.54, 1.807) is 0 Å². The molecular formula is C17H21N3O2S. The fourth-order valence-electron chi connectivity index (χ4n) is 3.10. The van der Waals surface area contributed by atoms with E-state index < -0.39 is 0 Å². The minimum atomic E-state index is -0.104. The summed E-state index contributed by atoms with van der Waals surface area (Å²) in [5, 5.41) is 14.7. The SMILES string of the molecule is CC(=O)Nc1nc(CN2c3ccccc3CCC2CCO)cs1. The van der Waals surface area contributed by atoms with Crippen LogP contribution in [0.1, 0.15) is 31.0 Å². The monoisotopic (exact) mass is 331 g/mol. The summed E-state index contributed by atoms with van der Waals surface area (Å²) in [5.41, 5.74) is 3.52. The highest BCUT2D eigenvalue weighted by molar-refractivity contribution is 7.13. The maximum absolute atomic E-state index is 11.1. The van der Waals surface area contributed by atoms with Gasteiger partial charge in [0.2, 0.25) is 5.91 Å². The molecule has 2 N–H and O–H groups in total. The van der Waals surface area contributed by atoms with E-state index in [9.17, 15) is 9.90 Å². The number of benzene rings is 1. The van der Waals surface area contributed by atoms with Crippen LogP contribution in [-0.4, -0.2) is 28.6 Å². The molecule has 1 unspecified atom stereocenters. The van der Waals surface area contributed by atoms with Crippen molar-refractivity contribution in [2.24, 2.45) is 0 Å². The van der Waals surface area contributed by atoms with Crippen LogP contribution < -0.4 is 10.2 Å². The molecule has 0 saturated heterocycles. The summed E-state index contributed by atoms with van der Waals surface area (Å²) in [7, 11) is 0. The quantitative estimate of drug-likeness (QED) is 0.884. The summed E-state index contributed by atoms with van der Waals surface area (Å²) >= 11 is 1.44. The Morgan fingerprint density at radius 1 is 1.48 bits per heavy atom. The first-order valence-electron chi connectivity index (χ1n) is 7.85. The lowest BCUT2D eigenvalue weighted by Crippen LogP contribution is -2.39. The number of amides is 1. The molecule has 0 spiro atoms. The van der Waals surface area contributed by atoms with Crippen LogP contribution in [0.2, 0.25) is 0 Å². The second-order valence-electron chi connectivity index (χ2n) is 5.79. The van der Waals surface area contributed by atoms with Gasteiger partial charge in [-0.05, 0) is 30.9 Å². The third-order valence-corrected chi connectivity index (χ3v) is 4.92. The number of nitrogens with one attached hydrogen (secondary N) is 1. The zero-order valence-electron chi connectivity index (χ0n) is 13.2. The van der Waals surface area contributed by atoms with Gasteiger partial charge in [-0.25, -0.2) is 4.98 Å². The molecule has 5 nitrogen and oxygen atoms in total. The second kappa shape index (κ2) is 7.10. The van der Waals surface area contributed by atoms with E-state index in [1.165, 1.54) is 29.5 Å². The van der Waals surface area contributed by atoms with E-state index in [0.29, 0.717) is 17.7 Å². The molecule has 23 heavy (non-hydrogen) atoms. The van der Waals surface area contributed by atoms with E-state index in [2.05, 4.69) is 39.5 Å². The Morgan fingerprint density at radius 2 is 2.30 bits per heavy atom. The number of thiazole rings is 1. The predicted octanol–water partition coefficient (Wildman–Crippen LogP) is 2.81. The number of hydrogen-bond donors (Lipinski definition) is 2. The van der Waals surface area contributed by atoms with Crippen LogP contribution in [-0.2, 0) is 17.8 Å². The molecule has 2 heterocycles. The zero-order valence-corrected chi connectivity index (χ0v) is 14.0. The highest BCUT2D eigenvalue weighted by Crippen LogP contribution is 2.33. The third kappa shape index (κ3) is 3.71. The number of fused-ring (bicyclic) bond motifs is 1. The van der Waals surface area contributed by atoms with Crippen molar-refractivity contribution in [3.8, 4) is 0 Å². The summed E-state index contributed by atoms with van der Waals surface area (Å²) < 4.78 is 0. The first-order valence-corrected chi connectivity index (χ1v) is 8.72. The molecule has 1 aliphatic rings. The summed E-state index contributed by atoms with van der Waals surface area (Å²) in [6.45, 7) is 2.37. The molecule has 0 fully saturated rings. The fourth-order valence-corrected chi connectivity index (χ4v) is 3.85. The number of carbonyl (C=O) groups is 1. The lowest BCUT2D eigenvalue weighted by atomic mass is 9.94. The number of nitrogens with zero attached hydrogens (tertiary/aromatic N) is 2. The molecule has 1 amide bonds. The fraction of sp³-hybridized carbons (Fsp3) is 0.412. The number of aryl methyl sites for hydroxylation is 1. The molecule has 0 bridgehead atoms. The molecular weight excluding hydrogens is 310 g/mol. The standard InChI is InChI=1S/C17H21N3O2S/c1-12(22)18-17-19-14(11-23-17)10-20-15(8-9-21)7-6-13-4-2-3-5-16(13)20/h2-5,11,15,21H,6-10H2,1H3,(H,18,19,22). The van der Waals surface area contributed by atoms with E-state index in [1.807, 2.05) is 5.38 Å². The van der Waals surface area contributed by atoms with Crippen molar-refractivity contribution in [3.05, 3.63) is 40.9 Å². The van der Waals surface area contributed by atoms with Gasteiger partial charge in [-0.2, -0.15) is 0 Å². The van der Waals surface area contributed by atoms with Crippen LogP contribution in [0.4, 0.5) is 10.8 Å². The molecule has 0 radical (unpaired) electrons. The minimum absolute atomic E-state index is 0.104. The summed E-state index contributed by atoms with van der Waals surface area (Å²) in [5.74, 6) is -0.104. The van der Waals surface area contributed by atoms with E-state index in [4.69, 9.17) is 0 Å². The minimum Gasteiger partial charge on any atom is -0.396 e. The van der Waals surface area contributed by atoms with Crippen molar-refractivity contribution in [1.82, 2.24) is 4.98 Å². The average Bonchev–Trinajstić information content (AvgIpc) is 2.96. The lowest BCUT2D eigenvalue weighted by Gasteiger charge is -2.38. The summed E-state index contributed by atoms with van der Waals surface area (Å²) in [6.07, 6.45) is 2.85. The van der Waals surface area contributed by atoms with Crippen LogP contribution in [0.3, 0.4) is 0 Å². The van der Waals surface area contributed by atoms with Crippen molar-refractivity contribution < 1.29 is 9.90 Å². The zero-order chi connectivity index (χ0) is 16.2. The number of rotatable bonds is 5. The molecule has 122 valence electrons. The number of aromatic nitrogens is 1. The molecule has 1 aliphatic heterocycles. The molecule has 3 rings (SSSR count). The van der Waals surface area contributed by atoms with Crippen LogP contribution >= 0.6 is 11.3 Å². The molecule has 1 aromatic carbocycles. The van der Waals surface area contributed by atoms with Crippen LogP contribution in [0, 0.1) is 0 Å². The van der Waals surface area contributed by atoms with Gasteiger partial charge in [0.25, 0.3) is 0 Å². The Labute approximate surface area is 140 Å². The molecule has 0 saturated carbocycles. The Bertz CT molecular complexity index is 686. The van der Waals surface area contributed by atoms with Crippen molar-refractivity contribution in [2.45, 2.75) is 38.8 Å². The normalized spacial score (nSPS) is 17.0. The van der Waals surface area contributed by atoms with Crippen molar-refractivity contribution >= 4 is 28.1 Å². The van der Waals surface area contributed by atoms with Gasteiger partial charge in [0.1, 0.15) is 0 Å². The Morgan fingerprint density at radius 3 is 3.09 bits per heavy atom. The third-order valence-electron chi connectivity index (χ3n) is 4.12. The molecule has 1 atom stereocenters. The van der Waals surface area contributed by atoms with E-state index in [0.717, 1.165) is 25.0 Å². The predicted molar refractivity (Wildman–Crippen MR) is 92.9 cm³/mol. The van der Waals surface area contributed by atoms with Gasteiger partial charge in [0.05, 0.1) is 12.2 Å². The van der Waals surface area contributed by atoms with Gasteiger partial charge in [0, 0.05) is 30.6 Å². The van der Waals surface area contributed by atoms with Gasteiger partial charge in [-0.15, -0.1) is 11.3 Å². The summed E-state index contributed by atoms with van der Waals surface area (Å²) in [4.78, 5) is 18.0. The average molecular weight is 331 g/mol. The number of para-hydroxylation sites is 1. The van der Waals surface area contributed by atoms with Gasteiger partial charge in [-0.3, -0.25) is 4.79 Å². The molecule has 6 heteroatoms. The number of carbonyl (C=O) groups excluding carboxylic acids is 1.